The second-order valence-electron chi connectivity index (χ2n) is 6.67. The van der Waals surface area contributed by atoms with Gasteiger partial charge in [-0.25, -0.2) is 0 Å². The third-order valence-electron chi connectivity index (χ3n) is 4.53. The predicted octanol–water partition coefficient (Wildman–Crippen LogP) is 5.19. The number of ether oxygens (including phenoxy) is 1. The summed E-state index contributed by atoms with van der Waals surface area (Å²) in [5.74, 6) is 0.632. The molecule has 0 spiro atoms. The quantitative estimate of drug-likeness (QED) is 0.571. The van der Waals surface area contributed by atoms with Crippen LogP contribution in [-0.4, -0.2) is 12.5 Å². The van der Waals surface area contributed by atoms with E-state index in [4.69, 9.17) is 4.74 Å². The molecule has 4 nitrogen and oxygen atoms in total. The van der Waals surface area contributed by atoms with Crippen molar-refractivity contribution in [1.29, 1.82) is 0 Å². The first-order valence-corrected chi connectivity index (χ1v) is 9.54. The van der Waals surface area contributed by atoms with Gasteiger partial charge in [-0.1, -0.05) is 61.5 Å². The highest BCUT2D eigenvalue weighted by molar-refractivity contribution is 5.94. The molecule has 144 valence electrons. The first kappa shape index (κ1) is 19.5. The van der Waals surface area contributed by atoms with E-state index in [0.29, 0.717) is 6.61 Å². The number of amides is 1. The minimum Gasteiger partial charge on any atom is -0.489 e. The van der Waals surface area contributed by atoms with E-state index in [1.165, 1.54) is 5.56 Å². The van der Waals surface area contributed by atoms with Crippen molar-refractivity contribution in [3.8, 4) is 5.75 Å². The van der Waals surface area contributed by atoms with Crippen molar-refractivity contribution in [2.24, 2.45) is 0 Å². The number of carbonyl (C=O) groups is 1. The molecule has 3 aromatic rings. The number of carbonyl (C=O) groups excluding carboxylic acids is 1. The fourth-order valence-corrected chi connectivity index (χ4v) is 3.05. The molecule has 0 saturated heterocycles. The van der Waals surface area contributed by atoms with Gasteiger partial charge >= 0.3 is 0 Å². The van der Waals surface area contributed by atoms with Crippen molar-refractivity contribution >= 4 is 17.3 Å². The molecule has 0 bridgehead atoms. The normalized spacial score (nSPS) is 10.4. The lowest BCUT2D eigenvalue weighted by Gasteiger charge is -2.14. The molecule has 3 aromatic carbocycles. The number of anilines is 2. The van der Waals surface area contributed by atoms with Crippen LogP contribution in [0.2, 0.25) is 0 Å². The minimum absolute atomic E-state index is 0.0921. The van der Waals surface area contributed by atoms with E-state index < -0.39 is 0 Å². The van der Waals surface area contributed by atoms with E-state index in [-0.39, 0.29) is 12.5 Å². The van der Waals surface area contributed by atoms with Crippen LogP contribution < -0.4 is 15.4 Å². The van der Waals surface area contributed by atoms with E-state index in [0.717, 1.165) is 34.7 Å². The molecule has 1 amide bonds. The molecule has 0 unspecified atom stereocenters. The van der Waals surface area contributed by atoms with Crippen LogP contribution in [0.3, 0.4) is 0 Å². The molecule has 0 fully saturated rings. The molecule has 0 aliphatic carbocycles. The molecule has 28 heavy (non-hydrogen) atoms. The summed E-state index contributed by atoms with van der Waals surface area (Å²) in [7, 11) is 0. The molecule has 0 atom stereocenters. The van der Waals surface area contributed by atoms with Gasteiger partial charge < -0.3 is 15.4 Å². The molecule has 4 heteroatoms. The van der Waals surface area contributed by atoms with Gasteiger partial charge in [0.1, 0.15) is 12.4 Å². The van der Waals surface area contributed by atoms with Crippen molar-refractivity contribution < 1.29 is 9.53 Å². The van der Waals surface area contributed by atoms with Gasteiger partial charge in [-0.05, 0) is 42.2 Å². The van der Waals surface area contributed by atoms with Crippen LogP contribution in [0.1, 0.15) is 23.6 Å². The molecule has 2 N–H and O–H groups in total. The van der Waals surface area contributed by atoms with Crippen molar-refractivity contribution in [3.05, 3.63) is 89.5 Å². The molecule has 0 heterocycles. The third-order valence-corrected chi connectivity index (χ3v) is 4.53. The summed E-state index contributed by atoms with van der Waals surface area (Å²) in [6.07, 6.45) is 0.923. The number of hydrogen-bond donors (Lipinski definition) is 2. The van der Waals surface area contributed by atoms with E-state index in [1.54, 1.807) is 0 Å². The summed E-state index contributed by atoms with van der Waals surface area (Å²) in [6.45, 7) is 4.87. The molecule has 0 radical (unpaired) electrons. The Labute approximate surface area is 166 Å². The average molecular weight is 374 g/mol. The van der Waals surface area contributed by atoms with Crippen LogP contribution in [-0.2, 0) is 17.8 Å². The second-order valence-corrected chi connectivity index (χ2v) is 6.67. The molecule has 0 aliphatic heterocycles. The summed E-state index contributed by atoms with van der Waals surface area (Å²) in [5.41, 5.74) is 5.22. The Morgan fingerprint density at radius 2 is 1.75 bits per heavy atom. The standard InChI is InChI=1S/C24H26N2O2/c1-3-20-12-7-9-18(2)24(20)25-16-23(27)26-21-13-8-14-22(15-21)28-17-19-10-5-4-6-11-19/h4-15,25H,3,16-17H2,1-2H3,(H,26,27). The maximum atomic E-state index is 12.4. The summed E-state index contributed by atoms with van der Waals surface area (Å²) < 4.78 is 5.82. The highest BCUT2D eigenvalue weighted by atomic mass is 16.5. The van der Waals surface area contributed by atoms with Gasteiger partial charge in [0.15, 0.2) is 0 Å². The van der Waals surface area contributed by atoms with E-state index >= 15 is 0 Å². The van der Waals surface area contributed by atoms with E-state index in [2.05, 4.69) is 23.6 Å². The molecule has 0 aromatic heterocycles. The molecular weight excluding hydrogens is 348 g/mol. The Kier molecular flexibility index (Phi) is 6.68. The van der Waals surface area contributed by atoms with Gasteiger partial charge in [0, 0.05) is 17.4 Å². The number of para-hydroxylation sites is 1. The largest absolute Gasteiger partial charge is 0.489 e. The van der Waals surface area contributed by atoms with Crippen LogP contribution in [0, 0.1) is 6.92 Å². The Balaban J connectivity index is 1.56. The zero-order chi connectivity index (χ0) is 19.8. The average Bonchev–Trinajstić information content (AvgIpc) is 2.72. The Morgan fingerprint density at radius 1 is 0.964 bits per heavy atom. The maximum absolute atomic E-state index is 12.4. The van der Waals surface area contributed by atoms with Crippen LogP contribution >= 0.6 is 0 Å². The minimum atomic E-state index is -0.0921. The molecule has 0 saturated carbocycles. The van der Waals surface area contributed by atoms with Gasteiger partial charge in [-0.3, -0.25) is 4.79 Å². The summed E-state index contributed by atoms with van der Waals surface area (Å²) in [4.78, 5) is 12.4. The van der Waals surface area contributed by atoms with Gasteiger partial charge in [-0.15, -0.1) is 0 Å². The van der Waals surface area contributed by atoms with Gasteiger partial charge in [0.05, 0.1) is 6.54 Å². The van der Waals surface area contributed by atoms with Gasteiger partial charge in [-0.2, -0.15) is 0 Å². The zero-order valence-electron chi connectivity index (χ0n) is 16.4. The SMILES string of the molecule is CCc1cccc(C)c1NCC(=O)Nc1cccc(OCc2ccccc2)c1. The van der Waals surface area contributed by atoms with Crippen LogP contribution in [0.15, 0.2) is 72.8 Å². The third kappa shape index (κ3) is 5.36. The topological polar surface area (TPSA) is 50.4 Å². The Morgan fingerprint density at radius 3 is 2.54 bits per heavy atom. The maximum Gasteiger partial charge on any atom is 0.243 e. The monoisotopic (exact) mass is 374 g/mol. The highest BCUT2D eigenvalue weighted by Crippen LogP contribution is 2.21. The fourth-order valence-electron chi connectivity index (χ4n) is 3.05. The van der Waals surface area contributed by atoms with Crippen LogP contribution in [0.25, 0.3) is 0 Å². The van der Waals surface area contributed by atoms with Crippen molar-refractivity contribution in [2.45, 2.75) is 26.9 Å². The van der Waals surface area contributed by atoms with Crippen LogP contribution in [0.5, 0.6) is 5.75 Å². The fraction of sp³-hybridized carbons (Fsp3) is 0.208. The van der Waals surface area contributed by atoms with E-state index in [9.17, 15) is 4.79 Å². The van der Waals surface area contributed by atoms with Gasteiger partial charge in [0.2, 0.25) is 5.91 Å². The zero-order valence-corrected chi connectivity index (χ0v) is 16.4. The summed E-state index contributed by atoms with van der Waals surface area (Å²) in [6, 6.07) is 23.6. The summed E-state index contributed by atoms with van der Waals surface area (Å²) >= 11 is 0. The lowest BCUT2D eigenvalue weighted by atomic mass is 10.1. The molecular formula is C24H26N2O2. The Hall–Kier alpha value is -3.27. The highest BCUT2D eigenvalue weighted by Gasteiger charge is 2.07. The molecule has 0 aliphatic rings. The number of hydrogen-bond acceptors (Lipinski definition) is 3. The van der Waals surface area contributed by atoms with Crippen molar-refractivity contribution in [2.75, 3.05) is 17.2 Å². The van der Waals surface area contributed by atoms with Crippen molar-refractivity contribution in [1.82, 2.24) is 0 Å². The predicted molar refractivity (Wildman–Crippen MR) is 115 cm³/mol. The first-order chi connectivity index (χ1) is 13.7. The number of rotatable bonds is 8. The Bertz CT molecular complexity index is 923. The number of aryl methyl sites for hydroxylation is 2. The number of benzene rings is 3. The van der Waals surface area contributed by atoms with E-state index in [1.807, 2.05) is 73.7 Å². The smallest absolute Gasteiger partial charge is 0.243 e. The van der Waals surface area contributed by atoms with Crippen molar-refractivity contribution in [3.63, 3.8) is 0 Å². The van der Waals surface area contributed by atoms with Crippen LogP contribution in [0.4, 0.5) is 11.4 Å². The summed E-state index contributed by atoms with van der Waals surface area (Å²) in [5, 5.41) is 6.20. The molecule has 3 rings (SSSR count). The lowest BCUT2D eigenvalue weighted by molar-refractivity contribution is -0.114. The lowest BCUT2D eigenvalue weighted by Crippen LogP contribution is -2.22. The first-order valence-electron chi connectivity index (χ1n) is 9.54. The number of nitrogens with one attached hydrogen (secondary N) is 2. The second kappa shape index (κ2) is 9.60. The van der Waals surface area contributed by atoms with Gasteiger partial charge in [0.25, 0.3) is 0 Å².